The van der Waals surface area contributed by atoms with E-state index in [4.69, 9.17) is 4.74 Å². The molecule has 0 radical (unpaired) electrons. The highest BCUT2D eigenvalue weighted by atomic mass is 32.2. The molecular weight excluding hydrogens is 412 g/mol. The van der Waals surface area contributed by atoms with E-state index < -0.39 is 29.9 Å². The van der Waals surface area contributed by atoms with Gasteiger partial charge in [0, 0.05) is 23.1 Å². The summed E-state index contributed by atoms with van der Waals surface area (Å²) in [5, 5.41) is 0. The number of rotatable bonds is 10. The number of nitrogens with one attached hydrogen (secondary N) is 1. The molecule has 1 aromatic rings. The summed E-state index contributed by atoms with van der Waals surface area (Å²) in [5.41, 5.74) is -0.798. The van der Waals surface area contributed by atoms with Gasteiger partial charge in [0.2, 0.25) is 0 Å². The van der Waals surface area contributed by atoms with Crippen LogP contribution in [0, 0.1) is 0 Å². The number of aromatic nitrogens is 1. The first-order valence-electron chi connectivity index (χ1n) is 9.59. The van der Waals surface area contributed by atoms with E-state index in [-0.39, 0.29) is 17.9 Å². The topological polar surface area (TPSA) is 71.5 Å². The van der Waals surface area contributed by atoms with E-state index >= 15 is 0 Å². The number of anilines is 1. The van der Waals surface area contributed by atoms with Crippen LogP contribution >= 0.6 is 11.9 Å². The molecule has 1 rings (SSSR count). The lowest BCUT2D eigenvalue weighted by Crippen LogP contribution is -2.39. The Balaban J connectivity index is 3.26. The molecule has 0 saturated heterocycles. The minimum atomic E-state index is -0.821. The quantitative estimate of drug-likeness (QED) is 0.227. The number of hydrogen-bond acceptors (Lipinski definition) is 6. The predicted octanol–water partition coefficient (Wildman–Crippen LogP) is 5.38. The van der Waals surface area contributed by atoms with Crippen LogP contribution in [0.25, 0.3) is 0 Å². The normalized spacial score (nSPS) is 13.0. The van der Waals surface area contributed by atoms with Crippen LogP contribution in [-0.4, -0.2) is 41.8 Å². The first kappa shape index (κ1) is 25.8. The summed E-state index contributed by atoms with van der Waals surface area (Å²) in [6, 6.07) is 2.88. The van der Waals surface area contributed by atoms with E-state index in [1.54, 1.807) is 20.8 Å². The number of nitrogens with zero attached hydrogens (tertiary/aromatic N) is 2. The number of carbonyl (C=O) groups is 2. The van der Waals surface area contributed by atoms with Crippen LogP contribution in [0.1, 0.15) is 51.4 Å². The van der Waals surface area contributed by atoms with Crippen LogP contribution in [0.4, 0.5) is 19.4 Å². The SMILES string of the molecule is C/C=C(F)\C(CN(C(=O)OC(C)(C)C)c1ccc(C=O)cn1)=C(\F)CNSCCC. The van der Waals surface area contributed by atoms with Crippen molar-refractivity contribution in [1.82, 2.24) is 9.71 Å². The molecule has 166 valence electrons. The van der Waals surface area contributed by atoms with E-state index in [0.717, 1.165) is 23.1 Å². The van der Waals surface area contributed by atoms with Gasteiger partial charge in [0.05, 0.1) is 13.1 Å². The van der Waals surface area contributed by atoms with Gasteiger partial charge in [-0.15, -0.1) is 0 Å². The summed E-state index contributed by atoms with van der Waals surface area (Å²) in [6.45, 7) is 7.87. The number of carbonyl (C=O) groups excluding carboxylic acids is 2. The first-order valence-corrected chi connectivity index (χ1v) is 10.6. The molecule has 9 heteroatoms. The highest BCUT2D eigenvalue weighted by molar-refractivity contribution is 7.97. The number of ether oxygens (including phenoxy) is 1. The van der Waals surface area contributed by atoms with Gasteiger partial charge in [0.25, 0.3) is 0 Å². The van der Waals surface area contributed by atoms with Crippen molar-refractivity contribution in [2.75, 3.05) is 23.7 Å². The van der Waals surface area contributed by atoms with Crippen molar-refractivity contribution in [2.24, 2.45) is 0 Å². The molecule has 0 aliphatic heterocycles. The fourth-order valence-electron chi connectivity index (χ4n) is 2.20. The van der Waals surface area contributed by atoms with Gasteiger partial charge < -0.3 is 4.74 Å². The second-order valence-corrected chi connectivity index (χ2v) is 8.31. The van der Waals surface area contributed by atoms with E-state index in [0.29, 0.717) is 11.8 Å². The van der Waals surface area contributed by atoms with Gasteiger partial charge in [0.1, 0.15) is 23.1 Å². The van der Waals surface area contributed by atoms with E-state index in [2.05, 4.69) is 9.71 Å². The highest BCUT2D eigenvalue weighted by Gasteiger charge is 2.27. The molecule has 0 fully saturated rings. The Morgan fingerprint density at radius 3 is 2.53 bits per heavy atom. The molecule has 1 amide bonds. The zero-order valence-corrected chi connectivity index (χ0v) is 18.8. The second kappa shape index (κ2) is 12.4. The number of amides is 1. The number of pyridine rings is 1. The third kappa shape index (κ3) is 8.62. The summed E-state index contributed by atoms with van der Waals surface area (Å²) in [4.78, 5) is 28.8. The number of hydrogen-bond donors (Lipinski definition) is 1. The van der Waals surface area contributed by atoms with Crippen molar-refractivity contribution in [3.8, 4) is 0 Å². The van der Waals surface area contributed by atoms with E-state index in [9.17, 15) is 18.4 Å². The van der Waals surface area contributed by atoms with Crippen LogP contribution in [0.15, 0.2) is 41.6 Å². The molecule has 30 heavy (non-hydrogen) atoms. The van der Waals surface area contributed by atoms with Crippen LogP contribution < -0.4 is 9.62 Å². The lowest BCUT2D eigenvalue weighted by Gasteiger charge is -2.27. The molecule has 0 aliphatic carbocycles. The Morgan fingerprint density at radius 1 is 1.33 bits per heavy atom. The summed E-state index contributed by atoms with van der Waals surface area (Å²) >= 11 is 1.34. The summed E-state index contributed by atoms with van der Waals surface area (Å²) in [5.74, 6) is -0.622. The molecule has 1 heterocycles. The molecule has 0 aromatic carbocycles. The zero-order chi connectivity index (χ0) is 22.7. The van der Waals surface area contributed by atoms with Crippen LogP contribution in [-0.2, 0) is 4.74 Å². The average Bonchev–Trinajstić information content (AvgIpc) is 2.70. The third-order valence-electron chi connectivity index (χ3n) is 3.62. The van der Waals surface area contributed by atoms with Crippen molar-refractivity contribution in [3.05, 3.63) is 47.2 Å². The number of allylic oxidation sites excluding steroid dienone is 1. The van der Waals surface area contributed by atoms with Crippen LogP contribution in [0.5, 0.6) is 0 Å². The van der Waals surface area contributed by atoms with Gasteiger partial charge in [-0.3, -0.25) is 14.4 Å². The van der Waals surface area contributed by atoms with E-state index in [1.165, 1.54) is 37.2 Å². The van der Waals surface area contributed by atoms with Crippen molar-refractivity contribution in [2.45, 2.75) is 46.6 Å². The minimum absolute atomic E-state index is 0.109. The molecular formula is C21H29F2N3O3S. The molecule has 1 aromatic heterocycles. The maximum absolute atomic E-state index is 14.8. The van der Waals surface area contributed by atoms with E-state index in [1.807, 2.05) is 6.92 Å². The maximum atomic E-state index is 14.8. The van der Waals surface area contributed by atoms with Gasteiger partial charge in [-0.2, -0.15) is 0 Å². The van der Waals surface area contributed by atoms with Gasteiger partial charge in [0.15, 0.2) is 6.29 Å². The van der Waals surface area contributed by atoms with Gasteiger partial charge in [-0.1, -0.05) is 24.9 Å². The Labute approximate surface area is 180 Å². The van der Waals surface area contributed by atoms with Gasteiger partial charge in [-0.25, -0.2) is 18.6 Å². The lowest BCUT2D eigenvalue weighted by molar-refractivity contribution is 0.0582. The maximum Gasteiger partial charge on any atom is 0.416 e. The lowest BCUT2D eigenvalue weighted by atomic mass is 10.1. The van der Waals surface area contributed by atoms with Crippen molar-refractivity contribution < 1.29 is 23.1 Å². The molecule has 0 saturated carbocycles. The monoisotopic (exact) mass is 441 g/mol. The highest BCUT2D eigenvalue weighted by Crippen LogP contribution is 2.24. The second-order valence-electron chi connectivity index (χ2n) is 7.32. The molecule has 1 N–H and O–H groups in total. The summed E-state index contributed by atoms with van der Waals surface area (Å²) in [6.07, 6.45) is 3.11. The number of aldehydes is 1. The fraction of sp³-hybridized carbons (Fsp3) is 0.476. The zero-order valence-electron chi connectivity index (χ0n) is 18.0. The smallest absolute Gasteiger partial charge is 0.416 e. The Kier molecular flexibility index (Phi) is 10.7. The summed E-state index contributed by atoms with van der Waals surface area (Å²) < 4.78 is 37.5. The third-order valence-corrected chi connectivity index (χ3v) is 4.58. The van der Waals surface area contributed by atoms with Gasteiger partial charge >= 0.3 is 6.09 Å². The molecule has 0 unspecified atom stereocenters. The van der Waals surface area contributed by atoms with Crippen LogP contribution in [0.2, 0.25) is 0 Å². The number of halogens is 2. The molecule has 0 atom stereocenters. The standard InChI is InChI=1S/C21H29F2N3O3S/c1-6-10-30-25-12-18(23)16(17(22)7-2)13-26(20(28)29-21(3,4)5)19-9-8-15(14-27)11-24-19/h7-9,11,14,25H,6,10,12-13H2,1-5H3/b17-7+,18-16+. The van der Waals surface area contributed by atoms with Crippen LogP contribution in [0.3, 0.4) is 0 Å². The Hall–Kier alpha value is -2.26. The van der Waals surface area contributed by atoms with Crippen molar-refractivity contribution >= 4 is 30.1 Å². The summed E-state index contributed by atoms with van der Waals surface area (Å²) in [7, 11) is 0. The molecule has 0 bridgehead atoms. The molecule has 0 aliphatic rings. The van der Waals surface area contributed by atoms with Crippen molar-refractivity contribution in [1.29, 1.82) is 0 Å². The van der Waals surface area contributed by atoms with Crippen molar-refractivity contribution in [3.63, 3.8) is 0 Å². The Morgan fingerprint density at radius 2 is 2.03 bits per heavy atom. The average molecular weight is 442 g/mol. The molecule has 0 spiro atoms. The Bertz CT molecular complexity index is 775. The first-order chi connectivity index (χ1) is 14.1. The largest absolute Gasteiger partial charge is 0.443 e. The van der Waals surface area contributed by atoms with Gasteiger partial charge in [-0.05, 0) is 46.2 Å². The predicted molar refractivity (Wildman–Crippen MR) is 117 cm³/mol. The fourth-order valence-corrected chi connectivity index (χ4v) is 2.78. The molecule has 6 nitrogen and oxygen atoms in total. The minimum Gasteiger partial charge on any atom is -0.443 e.